The standard InChI is InChI=1S/C20H17NO3S2/c1-26(23,24)17-13-11-15(12-14-17)20(22)21-18-9-5-6-10-19(18)25-16-7-3-2-4-8-16/h2-14H,1H3,(H,21,22). The lowest BCUT2D eigenvalue weighted by Crippen LogP contribution is -2.12. The highest BCUT2D eigenvalue weighted by Crippen LogP contribution is 2.33. The Morgan fingerprint density at radius 2 is 1.46 bits per heavy atom. The molecule has 0 aromatic heterocycles. The summed E-state index contributed by atoms with van der Waals surface area (Å²) < 4.78 is 23.0. The number of sulfone groups is 1. The smallest absolute Gasteiger partial charge is 0.255 e. The second-order valence-electron chi connectivity index (χ2n) is 5.66. The average Bonchev–Trinajstić information content (AvgIpc) is 2.63. The maximum absolute atomic E-state index is 12.5. The third kappa shape index (κ3) is 4.53. The minimum atomic E-state index is -3.28. The number of amides is 1. The zero-order valence-corrected chi connectivity index (χ0v) is 15.7. The van der Waals surface area contributed by atoms with Crippen LogP contribution in [0.25, 0.3) is 0 Å². The fourth-order valence-corrected chi connectivity index (χ4v) is 3.88. The Morgan fingerprint density at radius 3 is 2.12 bits per heavy atom. The van der Waals surface area contributed by atoms with Crippen molar-refractivity contribution in [3.63, 3.8) is 0 Å². The van der Waals surface area contributed by atoms with Gasteiger partial charge in [-0.25, -0.2) is 8.42 Å². The molecule has 3 aromatic rings. The van der Waals surface area contributed by atoms with Gasteiger partial charge < -0.3 is 5.32 Å². The summed E-state index contributed by atoms with van der Waals surface area (Å²) in [7, 11) is -3.28. The molecule has 1 N–H and O–H groups in total. The van der Waals surface area contributed by atoms with Gasteiger partial charge in [-0.15, -0.1) is 0 Å². The van der Waals surface area contributed by atoms with Crippen LogP contribution in [0.5, 0.6) is 0 Å². The first-order chi connectivity index (χ1) is 12.4. The third-order valence-corrected chi connectivity index (χ3v) is 5.86. The van der Waals surface area contributed by atoms with Crippen molar-refractivity contribution in [2.75, 3.05) is 11.6 Å². The van der Waals surface area contributed by atoms with Gasteiger partial charge in [0.15, 0.2) is 9.84 Å². The quantitative estimate of drug-likeness (QED) is 0.705. The van der Waals surface area contributed by atoms with E-state index in [0.29, 0.717) is 11.3 Å². The van der Waals surface area contributed by atoms with Crippen molar-refractivity contribution in [2.45, 2.75) is 14.7 Å². The van der Waals surface area contributed by atoms with Crippen LogP contribution >= 0.6 is 11.8 Å². The van der Waals surface area contributed by atoms with Crippen LogP contribution in [0.15, 0.2) is 93.5 Å². The van der Waals surface area contributed by atoms with Gasteiger partial charge in [-0.3, -0.25) is 4.79 Å². The molecule has 132 valence electrons. The van der Waals surface area contributed by atoms with Crippen molar-refractivity contribution >= 4 is 33.2 Å². The van der Waals surface area contributed by atoms with E-state index in [-0.39, 0.29) is 10.8 Å². The first-order valence-electron chi connectivity index (χ1n) is 7.87. The zero-order chi connectivity index (χ0) is 18.6. The van der Waals surface area contributed by atoms with E-state index in [9.17, 15) is 13.2 Å². The molecule has 3 aromatic carbocycles. The molecule has 0 saturated heterocycles. The van der Waals surface area contributed by atoms with Crippen molar-refractivity contribution in [3.8, 4) is 0 Å². The first-order valence-corrected chi connectivity index (χ1v) is 10.6. The van der Waals surface area contributed by atoms with Gasteiger partial charge in [-0.2, -0.15) is 0 Å². The van der Waals surface area contributed by atoms with Crippen LogP contribution in [0, 0.1) is 0 Å². The van der Waals surface area contributed by atoms with E-state index < -0.39 is 9.84 Å². The third-order valence-electron chi connectivity index (χ3n) is 3.65. The van der Waals surface area contributed by atoms with Crippen molar-refractivity contribution in [3.05, 3.63) is 84.4 Å². The van der Waals surface area contributed by atoms with Crippen LogP contribution in [0.1, 0.15) is 10.4 Å². The van der Waals surface area contributed by atoms with Crippen LogP contribution in [0.2, 0.25) is 0 Å². The Hall–Kier alpha value is -2.57. The van der Waals surface area contributed by atoms with Crippen LogP contribution < -0.4 is 5.32 Å². The second kappa shape index (κ2) is 7.76. The van der Waals surface area contributed by atoms with Crippen molar-refractivity contribution in [1.29, 1.82) is 0 Å². The maximum Gasteiger partial charge on any atom is 0.255 e. The van der Waals surface area contributed by atoms with Crippen molar-refractivity contribution in [1.82, 2.24) is 0 Å². The average molecular weight is 383 g/mol. The summed E-state index contributed by atoms with van der Waals surface area (Å²) in [6.07, 6.45) is 1.14. The van der Waals surface area contributed by atoms with E-state index in [4.69, 9.17) is 0 Å². The first kappa shape index (κ1) is 18.2. The Kier molecular flexibility index (Phi) is 5.44. The molecule has 0 fully saturated rings. The van der Waals surface area contributed by atoms with Crippen LogP contribution in [0.4, 0.5) is 5.69 Å². The molecular formula is C20H17NO3S2. The molecule has 3 rings (SSSR count). The number of para-hydroxylation sites is 1. The number of carbonyl (C=O) groups is 1. The molecule has 0 radical (unpaired) electrons. The van der Waals surface area contributed by atoms with Gasteiger partial charge in [0.2, 0.25) is 0 Å². The number of carbonyl (C=O) groups excluding carboxylic acids is 1. The minimum absolute atomic E-state index is 0.189. The molecule has 6 heteroatoms. The highest BCUT2D eigenvalue weighted by atomic mass is 32.2. The number of hydrogen-bond donors (Lipinski definition) is 1. The molecule has 1 amide bonds. The van der Waals surface area contributed by atoms with E-state index in [0.717, 1.165) is 16.0 Å². The Bertz CT molecular complexity index is 1010. The molecule has 0 aliphatic rings. The SMILES string of the molecule is CS(=O)(=O)c1ccc(C(=O)Nc2ccccc2Sc2ccccc2)cc1. The largest absolute Gasteiger partial charge is 0.321 e. The summed E-state index contributed by atoms with van der Waals surface area (Å²) in [5.41, 5.74) is 1.11. The number of anilines is 1. The van der Waals surface area contributed by atoms with E-state index in [1.54, 1.807) is 11.8 Å². The topological polar surface area (TPSA) is 63.2 Å². The lowest BCUT2D eigenvalue weighted by Gasteiger charge is -2.11. The molecule has 0 aliphatic carbocycles. The summed E-state index contributed by atoms with van der Waals surface area (Å²) in [6.45, 7) is 0. The maximum atomic E-state index is 12.5. The van der Waals surface area contributed by atoms with Crippen LogP contribution in [0.3, 0.4) is 0 Å². The summed E-state index contributed by atoms with van der Waals surface area (Å²) in [5.74, 6) is -0.286. The van der Waals surface area contributed by atoms with E-state index in [1.165, 1.54) is 24.3 Å². The lowest BCUT2D eigenvalue weighted by atomic mass is 10.2. The second-order valence-corrected chi connectivity index (χ2v) is 8.79. The predicted molar refractivity (Wildman–Crippen MR) is 105 cm³/mol. The molecule has 0 heterocycles. The van der Waals surface area contributed by atoms with Crippen molar-refractivity contribution in [2.24, 2.45) is 0 Å². The van der Waals surface area contributed by atoms with Gasteiger partial charge in [0.1, 0.15) is 0 Å². The number of nitrogens with one attached hydrogen (secondary N) is 1. The predicted octanol–water partition coefficient (Wildman–Crippen LogP) is 4.49. The molecule has 4 nitrogen and oxygen atoms in total. The molecule has 26 heavy (non-hydrogen) atoms. The Balaban J connectivity index is 1.79. The number of rotatable bonds is 5. The summed E-state index contributed by atoms with van der Waals surface area (Å²) in [4.78, 5) is 14.7. The van der Waals surface area contributed by atoms with E-state index in [2.05, 4.69) is 5.32 Å². The molecule has 0 saturated carbocycles. The normalized spacial score (nSPS) is 11.1. The molecule has 0 unspecified atom stereocenters. The van der Waals surface area contributed by atoms with E-state index >= 15 is 0 Å². The van der Waals surface area contributed by atoms with Gasteiger partial charge in [0.05, 0.1) is 10.6 Å². The van der Waals surface area contributed by atoms with Gasteiger partial charge in [-0.1, -0.05) is 42.1 Å². The van der Waals surface area contributed by atoms with Crippen LogP contribution in [-0.4, -0.2) is 20.6 Å². The molecule has 0 bridgehead atoms. The molecule has 0 aliphatic heterocycles. The highest BCUT2D eigenvalue weighted by Gasteiger charge is 2.12. The summed E-state index contributed by atoms with van der Waals surface area (Å²) >= 11 is 1.56. The molecule has 0 atom stereocenters. The van der Waals surface area contributed by atoms with Gasteiger partial charge in [-0.05, 0) is 48.5 Å². The minimum Gasteiger partial charge on any atom is -0.321 e. The fourth-order valence-electron chi connectivity index (χ4n) is 2.32. The summed E-state index contributed by atoms with van der Waals surface area (Å²) in [5, 5.41) is 2.90. The Morgan fingerprint density at radius 1 is 0.846 bits per heavy atom. The fraction of sp³-hybridized carbons (Fsp3) is 0.0500. The lowest BCUT2D eigenvalue weighted by molar-refractivity contribution is 0.102. The summed E-state index contributed by atoms with van der Waals surface area (Å²) in [6, 6.07) is 23.4. The molecule has 0 spiro atoms. The van der Waals surface area contributed by atoms with Crippen LogP contribution in [-0.2, 0) is 9.84 Å². The monoisotopic (exact) mass is 383 g/mol. The number of hydrogen-bond acceptors (Lipinski definition) is 4. The Labute approximate surface area is 157 Å². The zero-order valence-electron chi connectivity index (χ0n) is 14.0. The van der Waals surface area contributed by atoms with Crippen molar-refractivity contribution < 1.29 is 13.2 Å². The highest BCUT2D eigenvalue weighted by molar-refractivity contribution is 7.99. The van der Waals surface area contributed by atoms with Gasteiger partial charge in [0.25, 0.3) is 5.91 Å². The molecular weight excluding hydrogens is 366 g/mol. The van der Waals surface area contributed by atoms with Gasteiger partial charge in [0, 0.05) is 21.6 Å². The van der Waals surface area contributed by atoms with Gasteiger partial charge >= 0.3 is 0 Å². The van der Waals surface area contributed by atoms with E-state index in [1.807, 2.05) is 54.6 Å². The number of benzene rings is 3.